The van der Waals surface area contributed by atoms with E-state index in [1.54, 1.807) is 61.5 Å². The van der Waals surface area contributed by atoms with Gasteiger partial charge in [0, 0.05) is 43.9 Å². The third-order valence-corrected chi connectivity index (χ3v) is 5.61. The first-order valence-electron chi connectivity index (χ1n) is 11.5. The van der Waals surface area contributed by atoms with Crippen LogP contribution >= 0.6 is 11.3 Å². The fraction of sp³-hybridized carbons (Fsp3) is 0.400. The zero-order chi connectivity index (χ0) is 25.6. The minimum atomic E-state index is -0.669. The molecular weight excluding hydrogens is 466 g/mol. The molecule has 1 fully saturated rings. The van der Waals surface area contributed by atoms with Gasteiger partial charge in [-0.05, 0) is 50.1 Å². The van der Waals surface area contributed by atoms with Gasteiger partial charge in [-0.3, -0.25) is 14.5 Å². The smallest absolute Gasteiger partial charge is 0.411 e. The summed E-state index contributed by atoms with van der Waals surface area (Å²) in [5, 5.41) is 5.57. The Bertz CT molecular complexity index is 1130. The maximum Gasteiger partial charge on any atom is 0.411 e. The fourth-order valence-electron chi connectivity index (χ4n) is 3.36. The van der Waals surface area contributed by atoms with Crippen molar-refractivity contribution in [2.45, 2.75) is 46.8 Å². The van der Waals surface area contributed by atoms with E-state index in [4.69, 9.17) is 4.74 Å². The van der Waals surface area contributed by atoms with Crippen molar-refractivity contribution in [3.05, 3.63) is 51.6 Å². The first-order chi connectivity index (χ1) is 16.7. The molecule has 3 amide bonds. The lowest BCUT2D eigenvalue weighted by atomic mass is 10.1. The molecule has 0 aromatic carbocycles. The summed E-state index contributed by atoms with van der Waals surface area (Å²) in [5.41, 5.74) is 1.86. The molecule has 4 rings (SSSR count). The van der Waals surface area contributed by atoms with E-state index in [2.05, 4.69) is 15.3 Å². The van der Waals surface area contributed by atoms with Crippen LogP contribution < -0.4 is 5.32 Å². The van der Waals surface area contributed by atoms with Crippen molar-refractivity contribution < 1.29 is 20.5 Å². The molecule has 35 heavy (non-hydrogen) atoms. The van der Waals surface area contributed by atoms with Crippen LogP contribution in [0.3, 0.4) is 0 Å². The van der Waals surface area contributed by atoms with Crippen molar-refractivity contribution in [2.24, 2.45) is 0 Å². The maximum atomic E-state index is 12.5. The van der Waals surface area contributed by atoms with Crippen LogP contribution in [0.5, 0.6) is 0 Å². The van der Waals surface area contributed by atoms with E-state index in [1.165, 1.54) is 11.0 Å². The number of carbonyl (C=O) groups excluding carboxylic acids is 3. The molecule has 0 radical (unpaired) electrons. The summed E-state index contributed by atoms with van der Waals surface area (Å²) in [7, 11) is 0. The Hall–Kier alpha value is -3.53. The lowest BCUT2D eigenvalue weighted by Gasteiger charge is -2.33. The summed E-state index contributed by atoms with van der Waals surface area (Å²) in [4.78, 5) is 48.7. The van der Waals surface area contributed by atoms with Gasteiger partial charge in [-0.2, -0.15) is 0 Å². The molecule has 2 aliphatic rings. The molecule has 1 saturated heterocycles. The van der Waals surface area contributed by atoms with Crippen molar-refractivity contribution in [3.63, 3.8) is 0 Å². The van der Waals surface area contributed by atoms with E-state index < -0.39 is 11.7 Å². The molecule has 9 nitrogen and oxygen atoms in total. The number of thiazole rings is 1. The molecule has 2 aliphatic heterocycles. The summed E-state index contributed by atoms with van der Waals surface area (Å²) in [5.74, 6) is -0.0378. The van der Waals surface area contributed by atoms with Crippen molar-refractivity contribution in [1.29, 1.82) is 0 Å². The van der Waals surface area contributed by atoms with Crippen LogP contribution in [0.15, 0.2) is 35.5 Å². The molecule has 0 unspecified atom stereocenters. The summed E-state index contributed by atoms with van der Waals surface area (Å²) >= 11 is 1.56. The molecule has 10 heteroatoms. The first kappa shape index (κ1) is 26.1. The number of carbonyl (C=O) groups is 3. The first-order valence-corrected chi connectivity index (χ1v) is 12.4. The van der Waals surface area contributed by atoms with Crippen LogP contribution in [0.2, 0.25) is 0 Å². The normalized spacial score (nSPS) is 15.3. The average Bonchev–Trinajstić information content (AvgIpc) is 3.22. The van der Waals surface area contributed by atoms with Crippen molar-refractivity contribution in [3.8, 4) is 0 Å². The molecule has 2 aromatic heterocycles. The van der Waals surface area contributed by atoms with Crippen LogP contribution in [-0.2, 0) is 20.9 Å². The third kappa shape index (κ3) is 7.22. The molecule has 0 spiro atoms. The van der Waals surface area contributed by atoms with Gasteiger partial charge >= 0.3 is 6.09 Å². The zero-order valence-corrected chi connectivity index (χ0v) is 21.5. The molecule has 0 atom stereocenters. The molecule has 0 saturated carbocycles. The molecule has 0 bridgehead atoms. The van der Waals surface area contributed by atoms with Gasteiger partial charge in [-0.15, -0.1) is 11.3 Å². The number of hydrogen-bond acceptors (Lipinski definition) is 7. The molecule has 4 heterocycles. The Labute approximate surface area is 211 Å². The topological polar surface area (TPSA) is 105 Å². The molecular formula is C25H33N5O4S. The Balaban J connectivity index is 0.00000148. The van der Waals surface area contributed by atoms with Crippen LogP contribution in [0.1, 0.15) is 52.2 Å². The van der Waals surface area contributed by atoms with Gasteiger partial charge in [-0.1, -0.05) is 13.8 Å². The Morgan fingerprint density at radius 3 is 2.54 bits per heavy atom. The standard InChI is InChI=1S/C23H25N5O4S.C2H6.H2/c1-23(2,3)32-22(31)28-13-17-8-15(10-25-21(17)26-18(29)14-28)4-5-20(30)27-11-16(12-27)9-19-24-6-7-33-19;1-2;/h4-10H,11-14H2,1-3H3,(H,25,26,29);1-2H3;1H/b5-4+;;. The van der Waals surface area contributed by atoms with Gasteiger partial charge < -0.3 is 15.0 Å². The van der Waals surface area contributed by atoms with E-state index in [1.807, 2.05) is 25.3 Å². The molecule has 2 aromatic rings. The van der Waals surface area contributed by atoms with Crippen molar-refractivity contribution >= 4 is 47.2 Å². The molecule has 188 valence electrons. The Morgan fingerprint density at radius 1 is 1.14 bits per heavy atom. The van der Waals surface area contributed by atoms with Gasteiger partial charge in [-0.25, -0.2) is 14.8 Å². The number of rotatable bonds is 3. The summed E-state index contributed by atoms with van der Waals surface area (Å²) in [6.07, 6.45) is 7.97. The lowest BCUT2D eigenvalue weighted by Crippen LogP contribution is -2.43. The quantitative estimate of drug-likeness (QED) is 0.626. The van der Waals surface area contributed by atoms with Gasteiger partial charge in [0.2, 0.25) is 11.8 Å². The number of likely N-dealkylation sites (tertiary alicyclic amines) is 1. The van der Waals surface area contributed by atoms with Crippen LogP contribution in [0.4, 0.5) is 10.6 Å². The number of hydrogen-bond donors (Lipinski definition) is 1. The number of fused-ring (bicyclic) bond motifs is 1. The summed E-state index contributed by atoms with van der Waals surface area (Å²) in [6, 6.07) is 1.80. The molecule has 0 aliphatic carbocycles. The second-order valence-corrected chi connectivity index (χ2v) is 9.79. The van der Waals surface area contributed by atoms with Crippen LogP contribution in [0.25, 0.3) is 12.2 Å². The fourth-order valence-corrected chi connectivity index (χ4v) is 3.98. The number of nitrogens with one attached hydrogen (secondary N) is 1. The van der Waals surface area contributed by atoms with Gasteiger partial charge in [0.1, 0.15) is 23.0 Å². The number of ether oxygens (including phenoxy) is 1. The van der Waals surface area contributed by atoms with Crippen molar-refractivity contribution in [2.75, 3.05) is 25.0 Å². The number of amides is 3. The number of pyridine rings is 1. The van der Waals surface area contributed by atoms with Crippen molar-refractivity contribution in [1.82, 2.24) is 19.8 Å². The predicted molar refractivity (Wildman–Crippen MR) is 139 cm³/mol. The minimum Gasteiger partial charge on any atom is -0.444 e. The average molecular weight is 500 g/mol. The minimum absolute atomic E-state index is 0. The SMILES string of the molecule is CC.CC(C)(C)OC(=O)N1CC(=O)Nc2ncc(/C=C/C(=O)N3CC(=Cc4nccs4)C3)cc2C1.[HH]. The van der Waals surface area contributed by atoms with E-state index >= 15 is 0 Å². The second-order valence-electron chi connectivity index (χ2n) is 8.86. The van der Waals surface area contributed by atoms with Gasteiger partial charge in [0.25, 0.3) is 0 Å². The zero-order valence-electron chi connectivity index (χ0n) is 20.7. The highest BCUT2D eigenvalue weighted by Gasteiger charge is 2.28. The highest BCUT2D eigenvalue weighted by Crippen LogP contribution is 2.23. The molecule has 1 N–H and O–H groups in total. The van der Waals surface area contributed by atoms with Gasteiger partial charge in [0.15, 0.2) is 0 Å². The van der Waals surface area contributed by atoms with E-state index in [9.17, 15) is 14.4 Å². The van der Waals surface area contributed by atoms with Gasteiger partial charge in [0.05, 0.1) is 6.54 Å². The van der Waals surface area contributed by atoms with Crippen LogP contribution in [0, 0.1) is 0 Å². The summed E-state index contributed by atoms with van der Waals surface area (Å²) in [6.45, 7) is 10.5. The highest BCUT2D eigenvalue weighted by atomic mass is 32.1. The predicted octanol–water partition coefficient (Wildman–Crippen LogP) is 4.44. The van der Waals surface area contributed by atoms with E-state index in [0.29, 0.717) is 30.0 Å². The largest absolute Gasteiger partial charge is 0.444 e. The van der Waals surface area contributed by atoms with E-state index in [0.717, 1.165) is 10.6 Å². The number of nitrogens with zero attached hydrogens (tertiary/aromatic N) is 4. The van der Waals surface area contributed by atoms with Crippen LogP contribution in [-0.4, -0.2) is 62.9 Å². The number of anilines is 1. The lowest BCUT2D eigenvalue weighted by molar-refractivity contribution is -0.127. The summed E-state index contributed by atoms with van der Waals surface area (Å²) < 4.78 is 5.41. The van der Waals surface area contributed by atoms with E-state index in [-0.39, 0.29) is 26.3 Å². The Morgan fingerprint density at radius 2 is 1.89 bits per heavy atom. The second kappa shape index (κ2) is 11.3. The Kier molecular flexibility index (Phi) is 8.39. The third-order valence-electron chi connectivity index (χ3n) is 4.89. The number of aromatic nitrogens is 2. The maximum absolute atomic E-state index is 12.5. The highest BCUT2D eigenvalue weighted by molar-refractivity contribution is 7.10. The monoisotopic (exact) mass is 499 g/mol.